The highest BCUT2D eigenvalue weighted by Gasteiger charge is 2.21. The van der Waals surface area contributed by atoms with E-state index in [1.807, 2.05) is 0 Å². The molecule has 2 aromatic heterocycles. The topological polar surface area (TPSA) is 115 Å². The Balaban J connectivity index is 2.13. The van der Waals surface area contributed by atoms with Crippen LogP contribution in [-0.4, -0.2) is 50.9 Å². The van der Waals surface area contributed by atoms with Crippen molar-refractivity contribution >= 4 is 17.5 Å². The van der Waals surface area contributed by atoms with Crippen molar-refractivity contribution in [3.63, 3.8) is 0 Å². The fourth-order valence-corrected chi connectivity index (χ4v) is 1.77. The molecule has 0 radical (unpaired) electrons. The van der Waals surface area contributed by atoms with Crippen LogP contribution in [0.4, 0.5) is 0 Å². The minimum atomic E-state index is -1.17. The number of rotatable bonds is 5. The Morgan fingerprint density at radius 3 is 2.86 bits per heavy atom. The van der Waals surface area contributed by atoms with Gasteiger partial charge in [-0.3, -0.25) is 9.20 Å². The van der Waals surface area contributed by atoms with Gasteiger partial charge in [-0.25, -0.2) is 14.3 Å². The molecule has 0 aromatic carbocycles. The summed E-state index contributed by atoms with van der Waals surface area (Å²) in [4.78, 5) is 35.0. The Hall–Kier alpha value is -2.68. The Kier molecular flexibility index (Phi) is 4.33. The van der Waals surface area contributed by atoms with Crippen LogP contribution in [-0.2, 0) is 20.9 Å². The van der Waals surface area contributed by atoms with E-state index in [-0.39, 0.29) is 6.54 Å². The first kappa shape index (κ1) is 14.7. The van der Waals surface area contributed by atoms with Gasteiger partial charge in [0.2, 0.25) is 5.91 Å². The number of pyridine rings is 1. The van der Waals surface area contributed by atoms with Gasteiger partial charge in [0, 0.05) is 6.20 Å². The number of amides is 1. The highest BCUT2D eigenvalue weighted by molar-refractivity contribution is 5.84. The second-order valence-electron chi connectivity index (χ2n) is 4.19. The molecule has 1 unspecified atom stereocenters. The first-order valence-corrected chi connectivity index (χ1v) is 6.09. The third-order valence-corrected chi connectivity index (χ3v) is 2.79. The van der Waals surface area contributed by atoms with Crippen LogP contribution in [0.25, 0.3) is 5.65 Å². The molecule has 0 aliphatic rings. The maximum atomic E-state index is 12.0. The number of fused-ring (bicyclic) bond motifs is 1. The van der Waals surface area contributed by atoms with E-state index in [1.54, 1.807) is 18.2 Å². The highest BCUT2D eigenvalue weighted by atomic mass is 16.5. The molecule has 0 fully saturated rings. The standard InChI is InChI=1S/C12H14N4O5/c1-21-11(19)8(7-17)13-10(18)6-16-12(20)15-5-3-2-4-9(15)14-16/h2-5,8,17H,6-7H2,1H3,(H,13,18). The lowest BCUT2D eigenvalue weighted by molar-refractivity contribution is -0.146. The average Bonchev–Trinajstić information content (AvgIpc) is 2.80. The summed E-state index contributed by atoms with van der Waals surface area (Å²) in [5.74, 6) is -1.40. The third-order valence-electron chi connectivity index (χ3n) is 2.79. The van der Waals surface area contributed by atoms with Crippen LogP contribution >= 0.6 is 0 Å². The van der Waals surface area contributed by atoms with Crippen molar-refractivity contribution in [3.05, 3.63) is 34.9 Å². The number of aromatic nitrogens is 3. The fourth-order valence-electron chi connectivity index (χ4n) is 1.77. The number of esters is 1. The second-order valence-corrected chi connectivity index (χ2v) is 4.19. The molecule has 21 heavy (non-hydrogen) atoms. The molecule has 2 aromatic rings. The van der Waals surface area contributed by atoms with Crippen molar-refractivity contribution in [2.24, 2.45) is 0 Å². The van der Waals surface area contributed by atoms with E-state index in [1.165, 1.54) is 10.6 Å². The summed E-state index contributed by atoms with van der Waals surface area (Å²) in [5, 5.41) is 15.3. The van der Waals surface area contributed by atoms with Gasteiger partial charge in [0.15, 0.2) is 11.7 Å². The molecule has 2 heterocycles. The first-order valence-electron chi connectivity index (χ1n) is 6.09. The zero-order valence-electron chi connectivity index (χ0n) is 11.2. The summed E-state index contributed by atoms with van der Waals surface area (Å²) in [6.45, 7) is -0.966. The Bertz CT molecular complexity index is 720. The summed E-state index contributed by atoms with van der Waals surface area (Å²) < 4.78 is 6.68. The molecular weight excluding hydrogens is 280 g/mol. The summed E-state index contributed by atoms with van der Waals surface area (Å²) in [5.41, 5.74) is -0.0682. The Morgan fingerprint density at radius 1 is 1.48 bits per heavy atom. The quantitative estimate of drug-likeness (QED) is 0.625. The molecule has 9 nitrogen and oxygen atoms in total. The molecule has 2 N–H and O–H groups in total. The van der Waals surface area contributed by atoms with E-state index in [0.717, 1.165) is 11.8 Å². The number of aliphatic hydroxyl groups is 1. The summed E-state index contributed by atoms with van der Waals surface area (Å²) in [6.07, 6.45) is 1.53. The van der Waals surface area contributed by atoms with Gasteiger partial charge in [-0.2, -0.15) is 0 Å². The molecule has 0 spiro atoms. The van der Waals surface area contributed by atoms with Gasteiger partial charge in [0.05, 0.1) is 13.7 Å². The molecule has 1 amide bonds. The largest absolute Gasteiger partial charge is 0.467 e. The van der Waals surface area contributed by atoms with Crippen LogP contribution in [0.2, 0.25) is 0 Å². The monoisotopic (exact) mass is 294 g/mol. The zero-order chi connectivity index (χ0) is 15.4. The van der Waals surface area contributed by atoms with Crippen molar-refractivity contribution in [1.29, 1.82) is 0 Å². The molecule has 9 heteroatoms. The van der Waals surface area contributed by atoms with Crippen LogP contribution < -0.4 is 11.0 Å². The van der Waals surface area contributed by atoms with Gasteiger partial charge in [-0.15, -0.1) is 5.10 Å². The molecule has 0 bridgehead atoms. The van der Waals surface area contributed by atoms with Crippen LogP contribution in [0.5, 0.6) is 0 Å². The van der Waals surface area contributed by atoms with Crippen molar-refractivity contribution in [2.45, 2.75) is 12.6 Å². The SMILES string of the molecule is COC(=O)C(CO)NC(=O)Cn1nc2ccccn2c1=O. The van der Waals surface area contributed by atoms with E-state index in [4.69, 9.17) is 5.11 Å². The summed E-state index contributed by atoms with van der Waals surface area (Å²) in [7, 11) is 1.14. The number of carbonyl (C=O) groups is 2. The van der Waals surface area contributed by atoms with Crippen molar-refractivity contribution in [2.75, 3.05) is 13.7 Å². The number of hydrogen-bond acceptors (Lipinski definition) is 6. The average molecular weight is 294 g/mol. The number of aliphatic hydroxyl groups excluding tert-OH is 1. The number of nitrogens with one attached hydrogen (secondary N) is 1. The predicted octanol–water partition coefficient (Wildman–Crippen LogP) is -1.85. The number of carbonyl (C=O) groups excluding carboxylic acids is 2. The Labute approximate surface area is 118 Å². The summed E-state index contributed by atoms with van der Waals surface area (Å²) >= 11 is 0. The van der Waals surface area contributed by atoms with E-state index < -0.39 is 30.2 Å². The maximum Gasteiger partial charge on any atom is 0.350 e. The van der Waals surface area contributed by atoms with Crippen molar-refractivity contribution in [1.82, 2.24) is 19.5 Å². The van der Waals surface area contributed by atoms with Gasteiger partial charge < -0.3 is 15.2 Å². The molecule has 1 atom stereocenters. The van der Waals surface area contributed by atoms with Gasteiger partial charge in [-0.05, 0) is 12.1 Å². The van der Waals surface area contributed by atoms with Crippen LogP contribution in [0.3, 0.4) is 0 Å². The molecule has 2 rings (SSSR count). The number of ether oxygens (including phenoxy) is 1. The predicted molar refractivity (Wildman–Crippen MR) is 70.5 cm³/mol. The minimum Gasteiger partial charge on any atom is -0.467 e. The maximum absolute atomic E-state index is 12.0. The minimum absolute atomic E-state index is 0.367. The lowest BCUT2D eigenvalue weighted by Gasteiger charge is -2.13. The van der Waals surface area contributed by atoms with Gasteiger partial charge in [-0.1, -0.05) is 6.07 Å². The van der Waals surface area contributed by atoms with E-state index in [0.29, 0.717) is 5.65 Å². The van der Waals surface area contributed by atoms with E-state index >= 15 is 0 Å². The number of nitrogens with zero attached hydrogens (tertiary/aromatic N) is 3. The van der Waals surface area contributed by atoms with Gasteiger partial charge in [0.1, 0.15) is 6.54 Å². The van der Waals surface area contributed by atoms with Crippen LogP contribution in [0.1, 0.15) is 0 Å². The molecular formula is C12H14N4O5. The highest BCUT2D eigenvalue weighted by Crippen LogP contribution is 1.95. The summed E-state index contributed by atoms with van der Waals surface area (Å²) in [6, 6.07) is 3.83. The normalized spacial score (nSPS) is 12.1. The molecule has 0 aliphatic heterocycles. The molecule has 0 saturated heterocycles. The van der Waals surface area contributed by atoms with E-state index in [9.17, 15) is 14.4 Å². The van der Waals surface area contributed by atoms with Crippen LogP contribution in [0, 0.1) is 0 Å². The Morgan fingerprint density at radius 2 is 2.24 bits per heavy atom. The third kappa shape index (κ3) is 3.08. The van der Waals surface area contributed by atoms with E-state index in [2.05, 4.69) is 15.2 Å². The lowest BCUT2D eigenvalue weighted by atomic mass is 10.3. The second kappa shape index (κ2) is 6.18. The van der Waals surface area contributed by atoms with Gasteiger partial charge >= 0.3 is 11.7 Å². The van der Waals surface area contributed by atoms with Crippen molar-refractivity contribution < 1.29 is 19.4 Å². The zero-order valence-corrected chi connectivity index (χ0v) is 11.2. The number of hydrogen-bond donors (Lipinski definition) is 2. The lowest BCUT2D eigenvalue weighted by Crippen LogP contribution is -2.46. The van der Waals surface area contributed by atoms with Gasteiger partial charge in [0.25, 0.3) is 0 Å². The molecule has 0 aliphatic carbocycles. The first-order chi connectivity index (χ1) is 10.1. The molecule has 112 valence electrons. The smallest absolute Gasteiger partial charge is 0.350 e. The number of methoxy groups -OCH3 is 1. The van der Waals surface area contributed by atoms with Crippen molar-refractivity contribution in [3.8, 4) is 0 Å². The van der Waals surface area contributed by atoms with Crippen LogP contribution in [0.15, 0.2) is 29.2 Å². The fraction of sp³-hybridized carbons (Fsp3) is 0.333. The molecule has 0 saturated carbocycles.